The molecule has 0 radical (unpaired) electrons. The lowest BCUT2D eigenvalue weighted by atomic mass is 10.1. The van der Waals surface area contributed by atoms with E-state index >= 15 is 0 Å². The molecule has 6 nitrogen and oxygen atoms in total. The normalized spacial score (nSPS) is 11.9. The first-order chi connectivity index (χ1) is 11.5. The Morgan fingerprint density at radius 2 is 1.92 bits per heavy atom. The van der Waals surface area contributed by atoms with Crippen LogP contribution in [0.2, 0.25) is 5.02 Å². The van der Waals surface area contributed by atoms with Crippen LogP contribution >= 0.6 is 11.6 Å². The van der Waals surface area contributed by atoms with E-state index in [1.54, 1.807) is 24.3 Å². The van der Waals surface area contributed by atoms with E-state index in [1.165, 1.54) is 6.92 Å². The second kappa shape index (κ2) is 6.80. The van der Waals surface area contributed by atoms with Crippen molar-refractivity contribution in [2.24, 2.45) is 0 Å². The highest BCUT2D eigenvalue weighted by molar-refractivity contribution is 6.32. The predicted octanol–water partition coefficient (Wildman–Crippen LogP) is 2.96. The van der Waals surface area contributed by atoms with Crippen molar-refractivity contribution < 1.29 is 19.1 Å². The summed E-state index contributed by atoms with van der Waals surface area (Å²) in [6.45, 7) is 1.90. The number of fused-ring (bicyclic) bond motifs is 1. The van der Waals surface area contributed by atoms with Crippen molar-refractivity contribution >= 4 is 29.1 Å². The van der Waals surface area contributed by atoms with E-state index in [0.717, 1.165) is 5.56 Å². The van der Waals surface area contributed by atoms with E-state index in [9.17, 15) is 9.59 Å². The fourth-order valence-electron chi connectivity index (χ4n) is 2.29. The molecule has 2 aromatic rings. The quantitative estimate of drug-likeness (QED) is 0.892. The summed E-state index contributed by atoms with van der Waals surface area (Å²) in [5.41, 5.74) is 2.02. The molecule has 2 N–H and O–H groups in total. The fraction of sp³-hybridized carbons (Fsp3) is 0.176. The van der Waals surface area contributed by atoms with Crippen molar-refractivity contribution in [1.82, 2.24) is 5.32 Å². The lowest BCUT2D eigenvalue weighted by Crippen LogP contribution is -2.22. The lowest BCUT2D eigenvalue weighted by molar-refractivity contribution is -0.114. The molecule has 3 rings (SSSR count). The maximum atomic E-state index is 12.3. The highest BCUT2D eigenvalue weighted by Gasteiger charge is 2.20. The Bertz CT molecular complexity index is 790. The molecule has 0 aromatic heterocycles. The summed E-state index contributed by atoms with van der Waals surface area (Å²) >= 11 is 6.08. The molecule has 2 aromatic carbocycles. The maximum Gasteiger partial charge on any atom is 0.251 e. The van der Waals surface area contributed by atoms with Crippen LogP contribution in [-0.2, 0) is 11.3 Å². The summed E-state index contributed by atoms with van der Waals surface area (Å²) in [5.74, 6) is 0.533. The first-order valence-corrected chi connectivity index (χ1v) is 7.64. The number of anilines is 1. The second-order valence-corrected chi connectivity index (χ2v) is 5.66. The minimum Gasteiger partial charge on any atom is -0.454 e. The number of hydrogen-bond donors (Lipinski definition) is 2. The minimum atomic E-state index is -0.263. The van der Waals surface area contributed by atoms with E-state index in [-0.39, 0.29) is 18.6 Å². The Balaban J connectivity index is 1.63. The summed E-state index contributed by atoms with van der Waals surface area (Å²) in [6, 6.07) is 10.4. The number of amides is 2. The van der Waals surface area contributed by atoms with Gasteiger partial charge in [0.2, 0.25) is 12.7 Å². The van der Waals surface area contributed by atoms with Crippen LogP contribution < -0.4 is 20.1 Å². The zero-order chi connectivity index (χ0) is 17.1. The number of carbonyl (C=O) groups excluding carboxylic acids is 2. The van der Waals surface area contributed by atoms with Crippen LogP contribution in [0.4, 0.5) is 5.69 Å². The number of nitrogens with one attached hydrogen (secondary N) is 2. The van der Waals surface area contributed by atoms with Gasteiger partial charge in [-0.25, -0.2) is 0 Å². The molecular formula is C17H15ClN2O4. The monoisotopic (exact) mass is 346 g/mol. The highest BCUT2D eigenvalue weighted by Crippen LogP contribution is 2.39. The molecule has 124 valence electrons. The number of halogens is 1. The molecule has 7 heteroatoms. The molecule has 0 saturated heterocycles. The summed E-state index contributed by atoms with van der Waals surface area (Å²) in [6.07, 6.45) is 0. The topological polar surface area (TPSA) is 76.7 Å². The molecule has 0 spiro atoms. The van der Waals surface area contributed by atoms with Gasteiger partial charge in [0.25, 0.3) is 5.91 Å². The molecule has 0 atom stereocenters. The number of ether oxygens (including phenoxy) is 2. The third-order valence-electron chi connectivity index (χ3n) is 3.42. The number of carbonyl (C=O) groups is 2. The van der Waals surface area contributed by atoms with Crippen LogP contribution in [0, 0.1) is 0 Å². The van der Waals surface area contributed by atoms with Gasteiger partial charge in [0.1, 0.15) is 0 Å². The van der Waals surface area contributed by atoms with Gasteiger partial charge >= 0.3 is 0 Å². The van der Waals surface area contributed by atoms with Gasteiger partial charge in [-0.3, -0.25) is 9.59 Å². The van der Waals surface area contributed by atoms with Gasteiger partial charge < -0.3 is 20.1 Å². The average molecular weight is 347 g/mol. The van der Waals surface area contributed by atoms with Gasteiger partial charge in [-0.05, 0) is 29.8 Å². The first kappa shape index (κ1) is 16.1. The molecule has 0 unspecified atom stereocenters. The summed E-state index contributed by atoms with van der Waals surface area (Å²) in [5, 5.41) is 5.84. The molecule has 0 fully saturated rings. The Morgan fingerprint density at radius 1 is 1.17 bits per heavy atom. The number of hydrogen-bond acceptors (Lipinski definition) is 4. The Labute approximate surface area is 143 Å². The Hall–Kier alpha value is -2.73. The van der Waals surface area contributed by atoms with Crippen LogP contribution in [0.3, 0.4) is 0 Å². The third-order valence-corrected chi connectivity index (χ3v) is 3.70. The molecule has 1 aliphatic rings. The maximum absolute atomic E-state index is 12.3. The average Bonchev–Trinajstić information content (AvgIpc) is 3.02. The van der Waals surface area contributed by atoms with Gasteiger partial charge in [0, 0.05) is 24.7 Å². The van der Waals surface area contributed by atoms with Gasteiger partial charge in [0.15, 0.2) is 11.5 Å². The van der Waals surface area contributed by atoms with Gasteiger partial charge in [0.05, 0.1) is 5.02 Å². The van der Waals surface area contributed by atoms with E-state index < -0.39 is 0 Å². The molecule has 0 aliphatic carbocycles. The van der Waals surface area contributed by atoms with Gasteiger partial charge in [-0.1, -0.05) is 23.7 Å². The molecule has 24 heavy (non-hydrogen) atoms. The van der Waals surface area contributed by atoms with Crippen molar-refractivity contribution in [3.05, 3.63) is 52.5 Å². The molecule has 0 saturated carbocycles. The summed E-state index contributed by atoms with van der Waals surface area (Å²) in [4.78, 5) is 23.2. The van der Waals surface area contributed by atoms with Crippen LogP contribution in [0.25, 0.3) is 0 Å². The summed E-state index contributed by atoms with van der Waals surface area (Å²) < 4.78 is 10.5. The SMILES string of the molecule is CC(=O)Nc1ccc(CNC(=O)c2cc(Cl)c3c(c2)OCO3)cc1. The second-order valence-electron chi connectivity index (χ2n) is 5.25. The molecule has 1 aliphatic heterocycles. The summed E-state index contributed by atoms with van der Waals surface area (Å²) in [7, 11) is 0. The first-order valence-electron chi connectivity index (χ1n) is 7.27. The lowest BCUT2D eigenvalue weighted by Gasteiger charge is -2.08. The van der Waals surface area contributed by atoms with Crippen molar-refractivity contribution in [3.63, 3.8) is 0 Å². The molecule has 1 heterocycles. The molecule has 0 bridgehead atoms. The standard InChI is InChI=1S/C17H15ClN2O4/c1-10(21)20-13-4-2-11(3-5-13)8-19-17(22)12-6-14(18)16-15(7-12)23-9-24-16/h2-7H,8-9H2,1H3,(H,19,22)(H,20,21). The van der Waals surface area contributed by atoms with Crippen molar-refractivity contribution in [2.75, 3.05) is 12.1 Å². The van der Waals surface area contributed by atoms with Crippen molar-refractivity contribution in [2.45, 2.75) is 13.5 Å². The van der Waals surface area contributed by atoms with E-state index in [0.29, 0.717) is 34.3 Å². The predicted molar refractivity (Wildman–Crippen MR) is 89.5 cm³/mol. The highest BCUT2D eigenvalue weighted by atomic mass is 35.5. The zero-order valence-electron chi connectivity index (χ0n) is 12.9. The third kappa shape index (κ3) is 3.60. The van der Waals surface area contributed by atoms with E-state index in [2.05, 4.69) is 10.6 Å². The number of benzene rings is 2. The fourth-order valence-corrected chi connectivity index (χ4v) is 2.56. The molecule has 2 amide bonds. The van der Waals surface area contributed by atoms with Crippen LogP contribution in [0.1, 0.15) is 22.8 Å². The zero-order valence-corrected chi connectivity index (χ0v) is 13.6. The largest absolute Gasteiger partial charge is 0.454 e. The smallest absolute Gasteiger partial charge is 0.251 e. The Kier molecular flexibility index (Phi) is 4.57. The van der Waals surface area contributed by atoms with Crippen LogP contribution in [0.5, 0.6) is 11.5 Å². The number of rotatable bonds is 4. The van der Waals surface area contributed by atoms with Crippen molar-refractivity contribution in [1.29, 1.82) is 0 Å². The van der Waals surface area contributed by atoms with Gasteiger partial charge in [-0.15, -0.1) is 0 Å². The van der Waals surface area contributed by atoms with Crippen molar-refractivity contribution in [3.8, 4) is 11.5 Å². The minimum absolute atomic E-state index is 0.0980. The van der Waals surface area contributed by atoms with Crippen LogP contribution in [-0.4, -0.2) is 18.6 Å². The van der Waals surface area contributed by atoms with E-state index in [4.69, 9.17) is 21.1 Å². The van der Waals surface area contributed by atoms with Gasteiger partial charge in [-0.2, -0.15) is 0 Å². The van der Waals surface area contributed by atoms with E-state index in [1.807, 2.05) is 12.1 Å². The molecular weight excluding hydrogens is 332 g/mol. The van der Waals surface area contributed by atoms with Crippen LogP contribution in [0.15, 0.2) is 36.4 Å². The Morgan fingerprint density at radius 3 is 2.62 bits per heavy atom.